The summed E-state index contributed by atoms with van der Waals surface area (Å²) in [4.78, 5) is 23.1. The first-order valence-electron chi connectivity index (χ1n) is 5.18. The topological polar surface area (TPSA) is 51.1 Å². The number of hydrogen-bond donors (Lipinski definition) is 1. The Hall–Kier alpha value is -1.29. The summed E-state index contributed by atoms with van der Waals surface area (Å²) >= 11 is 5.69. The highest BCUT2D eigenvalue weighted by molar-refractivity contribution is 6.30. The Morgan fingerprint density at radius 1 is 1.25 bits per heavy atom. The van der Waals surface area contributed by atoms with Crippen molar-refractivity contribution in [2.24, 2.45) is 0 Å². The number of hydrogen-bond acceptors (Lipinski definition) is 2. The zero-order chi connectivity index (χ0) is 12.5. The highest BCUT2D eigenvalue weighted by atomic mass is 35.5. The molecule has 2 heterocycles. The van der Waals surface area contributed by atoms with Crippen molar-refractivity contribution in [3.05, 3.63) is 33.2 Å². The van der Waals surface area contributed by atoms with E-state index in [4.69, 9.17) is 11.6 Å². The normalized spacial score (nSPS) is 15.9. The number of carbonyl (C=O) groups excluding carboxylic acids is 1. The van der Waals surface area contributed by atoms with Crippen molar-refractivity contribution in [2.45, 2.75) is 33.4 Å². The molecule has 0 fully saturated rings. The number of pyridine rings is 1. The van der Waals surface area contributed by atoms with Crippen LogP contribution >= 0.6 is 11.6 Å². The summed E-state index contributed by atoms with van der Waals surface area (Å²) in [7, 11) is 0. The van der Waals surface area contributed by atoms with E-state index in [1.54, 1.807) is 19.9 Å². The summed E-state index contributed by atoms with van der Waals surface area (Å²) < 4.78 is 1.37. The maximum absolute atomic E-state index is 11.7. The van der Waals surface area contributed by atoms with Gasteiger partial charge >= 0.3 is 0 Å². The molecule has 0 saturated heterocycles. The molecule has 16 heavy (non-hydrogen) atoms. The lowest BCUT2D eigenvalue weighted by atomic mass is 10.2. The molecule has 5 heteroatoms. The highest BCUT2D eigenvalue weighted by Crippen LogP contribution is 2.20. The Balaban J connectivity index is 0.000000606. The molecule has 1 aromatic rings. The van der Waals surface area contributed by atoms with Crippen molar-refractivity contribution in [2.75, 3.05) is 0 Å². The van der Waals surface area contributed by atoms with Crippen LogP contribution in [0.4, 0.5) is 0 Å². The van der Waals surface area contributed by atoms with Crippen molar-refractivity contribution in [1.82, 2.24) is 9.88 Å². The van der Waals surface area contributed by atoms with Gasteiger partial charge in [0.05, 0.1) is 0 Å². The van der Waals surface area contributed by atoms with Gasteiger partial charge in [-0.15, -0.1) is 0 Å². The third-order valence-electron chi connectivity index (χ3n) is 2.25. The molecule has 1 amide bonds. The summed E-state index contributed by atoms with van der Waals surface area (Å²) in [5.41, 5.74) is -0.689. The molecule has 1 N–H and O–H groups in total. The van der Waals surface area contributed by atoms with Gasteiger partial charge in [0, 0.05) is 0 Å². The third-order valence-corrected chi connectivity index (χ3v) is 2.53. The van der Waals surface area contributed by atoms with Gasteiger partial charge in [0.25, 0.3) is 11.5 Å². The van der Waals surface area contributed by atoms with Crippen LogP contribution in [0, 0.1) is 0 Å². The quantitative estimate of drug-likeness (QED) is 0.756. The number of fused-ring (bicyclic) bond motifs is 1. The Kier molecular flexibility index (Phi) is 3.43. The van der Waals surface area contributed by atoms with Crippen molar-refractivity contribution >= 4 is 17.5 Å². The van der Waals surface area contributed by atoms with Crippen LogP contribution in [0.5, 0.6) is 0 Å². The highest BCUT2D eigenvalue weighted by Gasteiger charge is 2.35. The van der Waals surface area contributed by atoms with E-state index in [0.717, 1.165) is 0 Å². The van der Waals surface area contributed by atoms with Gasteiger partial charge in [-0.1, -0.05) is 25.4 Å². The van der Waals surface area contributed by atoms with Crippen LogP contribution in [-0.4, -0.2) is 10.5 Å². The SMILES string of the molecule is CC.CC1(C)NC(=O)c2ccc(Cl)c(=O)n21. The van der Waals surface area contributed by atoms with Crippen LogP contribution in [-0.2, 0) is 5.66 Å². The molecule has 1 aliphatic rings. The molecule has 0 saturated carbocycles. The zero-order valence-electron chi connectivity index (χ0n) is 9.80. The number of aromatic nitrogens is 1. The number of rotatable bonds is 0. The van der Waals surface area contributed by atoms with Gasteiger partial charge in [-0.2, -0.15) is 0 Å². The molecule has 0 aliphatic carbocycles. The van der Waals surface area contributed by atoms with E-state index in [1.165, 1.54) is 10.6 Å². The fourth-order valence-electron chi connectivity index (χ4n) is 1.64. The summed E-state index contributed by atoms with van der Waals surface area (Å²) in [6, 6.07) is 2.99. The second kappa shape index (κ2) is 4.29. The monoisotopic (exact) mass is 242 g/mol. The number of halogens is 1. The number of nitrogens with zero attached hydrogens (tertiary/aromatic N) is 1. The van der Waals surface area contributed by atoms with Crippen molar-refractivity contribution in [3.8, 4) is 0 Å². The molecule has 0 spiro atoms. The Morgan fingerprint density at radius 2 is 1.81 bits per heavy atom. The first-order valence-corrected chi connectivity index (χ1v) is 5.56. The molecule has 88 valence electrons. The van der Waals surface area contributed by atoms with Gasteiger partial charge in [0.1, 0.15) is 16.4 Å². The van der Waals surface area contributed by atoms with Gasteiger partial charge in [0.15, 0.2) is 0 Å². The average Bonchev–Trinajstić information content (AvgIpc) is 2.46. The van der Waals surface area contributed by atoms with E-state index in [0.29, 0.717) is 5.69 Å². The Morgan fingerprint density at radius 3 is 2.38 bits per heavy atom. The molecular weight excluding hydrogens is 228 g/mol. The predicted octanol–water partition coefficient (Wildman–Crippen LogP) is 1.96. The number of nitrogens with one attached hydrogen (secondary N) is 1. The van der Waals surface area contributed by atoms with Gasteiger partial charge in [0.2, 0.25) is 0 Å². The second-order valence-corrected chi connectivity index (χ2v) is 4.13. The van der Waals surface area contributed by atoms with E-state index >= 15 is 0 Å². The summed E-state index contributed by atoms with van der Waals surface area (Å²) in [5.74, 6) is -0.247. The molecule has 1 aromatic heterocycles. The summed E-state index contributed by atoms with van der Waals surface area (Å²) in [6.07, 6.45) is 0. The van der Waals surface area contributed by atoms with Crippen molar-refractivity contribution < 1.29 is 4.79 Å². The molecule has 1 aliphatic heterocycles. The van der Waals surface area contributed by atoms with Crippen LogP contribution in [0.3, 0.4) is 0 Å². The van der Waals surface area contributed by atoms with Gasteiger partial charge in [-0.3, -0.25) is 14.2 Å². The van der Waals surface area contributed by atoms with Crippen LogP contribution in [0.1, 0.15) is 38.2 Å². The van der Waals surface area contributed by atoms with Gasteiger partial charge in [-0.25, -0.2) is 0 Å². The minimum Gasteiger partial charge on any atom is -0.328 e. The number of carbonyl (C=O) groups is 1. The van der Waals surface area contributed by atoms with E-state index < -0.39 is 5.66 Å². The molecule has 0 unspecified atom stereocenters. The standard InChI is InChI=1S/C9H9ClN2O2.C2H6/c1-9(2)11-7(13)6-4-3-5(10)8(14)12(6)9;1-2/h3-4H,1-2H3,(H,11,13);1-2H3. The van der Waals surface area contributed by atoms with E-state index in [-0.39, 0.29) is 16.5 Å². The minimum absolute atomic E-state index is 0.123. The molecule has 0 bridgehead atoms. The van der Waals surface area contributed by atoms with Crippen LogP contribution in [0.25, 0.3) is 0 Å². The largest absolute Gasteiger partial charge is 0.328 e. The number of amides is 1. The fourth-order valence-corrected chi connectivity index (χ4v) is 1.79. The lowest BCUT2D eigenvalue weighted by Gasteiger charge is -2.21. The molecule has 4 nitrogen and oxygen atoms in total. The van der Waals surface area contributed by atoms with Crippen molar-refractivity contribution in [1.29, 1.82) is 0 Å². The molecular formula is C11H15ClN2O2. The lowest BCUT2D eigenvalue weighted by Crippen LogP contribution is -2.41. The van der Waals surface area contributed by atoms with Crippen LogP contribution < -0.4 is 10.9 Å². The molecule has 0 radical (unpaired) electrons. The molecule has 0 aromatic carbocycles. The van der Waals surface area contributed by atoms with Crippen LogP contribution in [0.15, 0.2) is 16.9 Å². The second-order valence-electron chi connectivity index (χ2n) is 3.72. The summed E-state index contributed by atoms with van der Waals surface area (Å²) in [6.45, 7) is 7.50. The smallest absolute Gasteiger partial charge is 0.271 e. The fraction of sp³-hybridized carbons (Fsp3) is 0.455. The van der Waals surface area contributed by atoms with Crippen LogP contribution in [0.2, 0.25) is 5.02 Å². The first-order chi connectivity index (χ1) is 7.43. The minimum atomic E-state index is -0.700. The van der Waals surface area contributed by atoms with Gasteiger partial charge < -0.3 is 5.32 Å². The third kappa shape index (κ3) is 1.85. The maximum Gasteiger partial charge on any atom is 0.271 e. The Labute approximate surface area is 99.2 Å². The van der Waals surface area contributed by atoms with Crippen molar-refractivity contribution in [3.63, 3.8) is 0 Å². The predicted molar refractivity (Wildman–Crippen MR) is 63.8 cm³/mol. The van der Waals surface area contributed by atoms with Gasteiger partial charge in [-0.05, 0) is 26.0 Å². The van der Waals surface area contributed by atoms with E-state index in [1.807, 2.05) is 13.8 Å². The maximum atomic E-state index is 11.7. The lowest BCUT2D eigenvalue weighted by molar-refractivity contribution is 0.0935. The van der Waals surface area contributed by atoms with E-state index in [2.05, 4.69) is 5.32 Å². The molecule has 2 rings (SSSR count). The summed E-state index contributed by atoms with van der Waals surface area (Å²) in [5, 5.41) is 2.82. The van der Waals surface area contributed by atoms with E-state index in [9.17, 15) is 9.59 Å². The Bertz CT molecular complexity index is 477. The average molecular weight is 243 g/mol. The zero-order valence-corrected chi connectivity index (χ0v) is 10.6. The first kappa shape index (κ1) is 12.8. The molecule has 0 atom stereocenters.